The number of likely N-dealkylation sites (N-methyl/N-ethyl adjacent to an activating group) is 1. The van der Waals surface area contributed by atoms with E-state index in [4.69, 9.17) is 11.6 Å². The van der Waals surface area contributed by atoms with Crippen LogP contribution in [0.5, 0.6) is 6.01 Å². The molecular weight excluding hydrogens is 252 g/mol. The third kappa shape index (κ3) is 2.57. The summed E-state index contributed by atoms with van der Waals surface area (Å²) in [4.78, 5) is 10.5. The number of aromatic nitrogens is 3. The molecule has 0 saturated carbocycles. The van der Waals surface area contributed by atoms with Gasteiger partial charge in [-0.2, -0.15) is 4.98 Å². The van der Waals surface area contributed by atoms with Crippen molar-refractivity contribution in [3.8, 4) is 6.01 Å². The van der Waals surface area contributed by atoms with E-state index in [1.165, 1.54) is 0 Å². The quantitative estimate of drug-likeness (QED) is 0.844. The summed E-state index contributed by atoms with van der Waals surface area (Å²) in [6.07, 6.45) is 0. The zero-order chi connectivity index (χ0) is 13.1. The molecule has 0 aromatic carbocycles. The van der Waals surface area contributed by atoms with Crippen molar-refractivity contribution >= 4 is 22.8 Å². The highest BCUT2D eigenvalue weighted by molar-refractivity contribution is 6.29. The number of aromatic hydroxyl groups is 1. The second-order valence-electron chi connectivity index (χ2n) is 4.07. The molecule has 0 saturated heterocycles. The molecule has 2 rings (SSSR count). The summed E-state index contributed by atoms with van der Waals surface area (Å²) >= 11 is 5.87. The largest absolute Gasteiger partial charge is 0.480 e. The molecule has 18 heavy (non-hydrogen) atoms. The second kappa shape index (κ2) is 5.54. The number of hydrogen-bond acceptors (Lipinski definition) is 4. The average Bonchev–Trinajstić information content (AvgIpc) is 2.66. The minimum atomic E-state index is -0.00748. The Hall–Kier alpha value is -1.33. The molecule has 0 amide bonds. The van der Waals surface area contributed by atoms with E-state index < -0.39 is 0 Å². The molecule has 0 fully saturated rings. The van der Waals surface area contributed by atoms with Crippen LogP contribution in [0.2, 0.25) is 5.15 Å². The normalized spacial score (nSPS) is 11.6. The van der Waals surface area contributed by atoms with E-state index in [0.29, 0.717) is 22.9 Å². The Balaban J connectivity index is 2.26. The van der Waals surface area contributed by atoms with Crippen molar-refractivity contribution in [2.24, 2.45) is 0 Å². The summed E-state index contributed by atoms with van der Waals surface area (Å²) in [6.45, 7) is 7.70. The van der Waals surface area contributed by atoms with Gasteiger partial charge in [0, 0.05) is 13.1 Å². The fraction of sp³-hybridized carbons (Fsp3) is 0.500. The third-order valence-corrected chi connectivity index (χ3v) is 3.28. The van der Waals surface area contributed by atoms with Crippen LogP contribution in [0.15, 0.2) is 12.1 Å². The van der Waals surface area contributed by atoms with Gasteiger partial charge in [-0.15, -0.1) is 0 Å². The van der Waals surface area contributed by atoms with Crippen molar-refractivity contribution in [2.75, 3.05) is 19.6 Å². The van der Waals surface area contributed by atoms with Crippen LogP contribution < -0.4 is 0 Å². The number of nitrogens with zero attached hydrogens (tertiary/aromatic N) is 4. The topological polar surface area (TPSA) is 54.2 Å². The number of pyridine rings is 1. The van der Waals surface area contributed by atoms with Gasteiger partial charge in [0.2, 0.25) is 0 Å². The van der Waals surface area contributed by atoms with E-state index in [1.807, 2.05) is 0 Å². The van der Waals surface area contributed by atoms with E-state index in [2.05, 4.69) is 28.7 Å². The molecule has 5 nitrogen and oxygen atoms in total. The summed E-state index contributed by atoms with van der Waals surface area (Å²) in [6, 6.07) is 3.43. The Bertz CT molecular complexity index is 536. The molecule has 0 aliphatic heterocycles. The van der Waals surface area contributed by atoms with E-state index in [1.54, 1.807) is 16.7 Å². The lowest BCUT2D eigenvalue weighted by Crippen LogP contribution is -2.27. The highest BCUT2D eigenvalue weighted by Crippen LogP contribution is 2.20. The summed E-state index contributed by atoms with van der Waals surface area (Å²) < 4.78 is 1.69. The number of fused-ring (bicyclic) bond motifs is 1. The van der Waals surface area contributed by atoms with Crippen LogP contribution in [0.3, 0.4) is 0 Å². The van der Waals surface area contributed by atoms with E-state index in [9.17, 15) is 5.11 Å². The van der Waals surface area contributed by atoms with Crippen LogP contribution in [-0.2, 0) is 6.54 Å². The molecule has 2 aromatic rings. The van der Waals surface area contributed by atoms with Gasteiger partial charge in [-0.3, -0.25) is 4.57 Å². The number of rotatable bonds is 5. The zero-order valence-corrected chi connectivity index (χ0v) is 11.4. The Morgan fingerprint density at radius 3 is 2.67 bits per heavy atom. The first-order chi connectivity index (χ1) is 8.65. The fourth-order valence-electron chi connectivity index (χ4n) is 1.95. The van der Waals surface area contributed by atoms with E-state index in [-0.39, 0.29) is 6.01 Å². The molecule has 0 unspecified atom stereocenters. The van der Waals surface area contributed by atoms with E-state index in [0.717, 1.165) is 19.6 Å². The number of imidazole rings is 1. The summed E-state index contributed by atoms with van der Waals surface area (Å²) in [5.74, 6) is 0. The molecular formula is C12H17ClN4O. The maximum atomic E-state index is 9.83. The average molecular weight is 269 g/mol. The van der Waals surface area contributed by atoms with Crippen LogP contribution in [0.4, 0.5) is 0 Å². The molecule has 0 spiro atoms. The van der Waals surface area contributed by atoms with Crippen LogP contribution in [-0.4, -0.2) is 44.2 Å². The monoisotopic (exact) mass is 268 g/mol. The predicted molar refractivity (Wildman–Crippen MR) is 72.0 cm³/mol. The van der Waals surface area contributed by atoms with Crippen LogP contribution in [0.1, 0.15) is 13.8 Å². The lowest BCUT2D eigenvalue weighted by atomic mass is 10.4. The summed E-state index contributed by atoms with van der Waals surface area (Å²) in [7, 11) is 0. The maximum absolute atomic E-state index is 9.83. The van der Waals surface area contributed by atoms with Crippen LogP contribution in [0.25, 0.3) is 11.2 Å². The fourth-order valence-corrected chi connectivity index (χ4v) is 2.10. The summed E-state index contributed by atoms with van der Waals surface area (Å²) in [5.41, 5.74) is 1.30. The number of hydrogen-bond donors (Lipinski definition) is 1. The molecule has 0 aliphatic rings. The molecule has 0 aliphatic carbocycles. The highest BCUT2D eigenvalue weighted by atomic mass is 35.5. The Morgan fingerprint density at radius 2 is 2.00 bits per heavy atom. The third-order valence-electron chi connectivity index (χ3n) is 3.07. The smallest absolute Gasteiger partial charge is 0.296 e. The van der Waals surface area contributed by atoms with Crippen LogP contribution >= 0.6 is 11.6 Å². The van der Waals surface area contributed by atoms with Gasteiger partial charge in [0.15, 0.2) is 5.65 Å². The minimum absolute atomic E-state index is 0.00748. The lowest BCUT2D eigenvalue weighted by molar-refractivity contribution is 0.283. The van der Waals surface area contributed by atoms with Gasteiger partial charge in [-0.05, 0) is 25.2 Å². The Kier molecular flexibility index (Phi) is 4.04. The minimum Gasteiger partial charge on any atom is -0.480 e. The maximum Gasteiger partial charge on any atom is 0.296 e. The SMILES string of the molecule is CCN(CC)CCn1c(O)nc2ccc(Cl)nc21. The van der Waals surface area contributed by atoms with Crippen molar-refractivity contribution in [2.45, 2.75) is 20.4 Å². The molecule has 0 bridgehead atoms. The van der Waals surface area contributed by atoms with Crippen molar-refractivity contribution in [3.63, 3.8) is 0 Å². The van der Waals surface area contributed by atoms with Gasteiger partial charge in [-0.1, -0.05) is 25.4 Å². The zero-order valence-electron chi connectivity index (χ0n) is 10.6. The van der Waals surface area contributed by atoms with Crippen molar-refractivity contribution in [1.82, 2.24) is 19.4 Å². The van der Waals surface area contributed by atoms with E-state index >= 15 is 0 Å². The number of halogens is 1. The Labute approximate surface area is 111 Å². The standard InChI is InChI=1S/C12H17ClN4O/c1-3-16(4-2)7-8-17-11-9(14-12(17)18)5-6-10(13)15-11/h5-6H,3-4,7-8H2,1-2H3,(H,14,18). The molecule has 2 heterocycles. The van der Waals surface area contributed by atoms with Crippen molar-refractivity contribution in [1.29, 1.82) is 0 Å². The van der Waals surface area contributed by atoms with Gasteiger partial charge >= 0.3 is 0 Å². The first-order valence-corrected chi connectivity index (χ1v) is 6.47. The molecule has 2 aromatic heterocycles. The lowest BCUT2D eigenvalue weighted by Gasteiger charge is -2.18. The Morgan fingerprint density at radius 1 is 1.28 bits per heavy atom. The highest BCUT2D eigenvalue weighted by Gasteiger charge is 2.12. The predicted octanol–water partition coefficient (Wildman–Crippen LogP) is 2.13. The molecule has 98 valence electrons. The van der Waals surface area contributed by atoms with Gasteiger partial charge < -0.3 is 10.0 Å². The molecule has 6 heteroatoms. The van der Waals surface area contributed by atoms with Gasteiger partial charge in [-0.25, -0.2) is 4.98 Å². The molecule has 0 atom stereocenters. The van der Waals surface area contributed by atoms with Crippen molar-refractivity contribution < 1.29 is 5.11 Å². The molecule has 1 N–H and O–H groups in total. The first kappa shape index (κ1) is 13.1. The first-order valence-electron chi connectivity index (χ1n) is 6.09. The van der Waals surface area contributed by atoms with Crippen molar-refractivity contribution in [3.05, 3.63) is 17.3 Å². The second-order valence-corrected chi connectivity index (χ2v) is 4.45. The summed E-state index contributed by atoms with van der Waals surface area (Å²) in [5, 5.41) is 10.2. The van der Waals surface area contributed by atoms with Gasteiger partial charge in [0.1, 0.15) is 10.7 Å². The van der Waals surface area contributed by atoms with Gasteiger partial charge in [0.05, 0.1) is 0 Å². The van der Waals surface area contributed by atoms with Gasteiger partial charge in [0.25, 0.3) is 6.01 Å². The van der Waals surface area contributed by atoms with Crippen LogP contribution in [0, 0.1) is 0 Å². The molecule has 0 radical (unpaired) electrons.